The first-order valence-electron chi connectivity index (χ1n) is 8.77. The van der Waals surface area contributed by atoms with Crippen molar-refractivity contribution in [3.63, 3.8) is 0 Å². The highest BCUT2D eigenvalue weighted by atomic mass is 16.2. The van der Waals surface area contributed by atoms with E-state index in [1.165, 1.54) is 4.90 Å². The molecule has 3 N–H and O–H groups in total. The second-order valence-electron chi connectivity index (χ2n) is 7.14. The molecular weight excluding hydrogens is 330 g/mol. The standard InChI is InChI=1S/C20H17N3O3/c24-17-13-10-21-20(14-8-4-5-9-15(14)22-19(20)26)16(13)18(25)23(17)11-12-6-2-1-3-7-12/h1-9,13,16,21H,10-11H2,(H,22,26)/p+1/t13-,16+,20-/m0/s1. The lowest BCUT2D eigenvalue weighted by Gasteiger charge is -2.25. The average molecular weight is 348 g/mol. The summed E-state index contributed by atoms with van der Waals surface area (Å²) in [6.07, 6.45) is 0. The molecule has 2 aromatic rings. The average Bonchev–Trinajstić information content (AvgIpc) is 3.26. The number of para-hydroxylation sites is 1. The molecule has 3 amide bonds. The Labute approximate surface area is 150 Å². The second-order valence-corrected chi connectivity index (χ2v) is 7.14. The van der Waals surface area contributed by atoms with Crippen molar-refractivity contribution < 1.29 is 19.7 Å². The van der Waals surface area contributed by atoms with Crippen LogP contribution in [0, 0.1) is 11.8 Å². The Morgan fingerprint density at radius 2 is 1.73 bits per heavy atom. The molecule has 0 aromatic heterocycles. The van der Waals surface area contributed by atoms with Crippen LogP contribution < -0.4 is 10.6 Å². The summed E-state index contributed by atoms with van der Waals surface area (Å²) in [5.74, 6) is -1.72. The Hall–Kier alpha value is -2.99. The van der Waals surface area contributed by atoms with Gasteiger partial charge in [0.15, 0.2) is 0 Å². The minimum atomic E-state index is -1.03. The summed E-state index contributed by atoms with van der Waals surface area (Å²) >= 11 is 0. The van der Waals surface area contributed by atoms with Gasteiger partial charge in [0.25, 0.3) is 5.91 Å². The molecule has 0 unspecified atom stereocenters. The maximum atomic E-state index is 13.2. The molecule has 5 rings (SSSR count). The number of hydrogen-bond acceptors (Lipinski definition) is 3. The summed E-state index contributed by atoms with van der Waals surface area (Å²) in [7, 11) is 0. The van der Waals surface area contributed by atoms with E-state index in [9.17, 15) is 14.4 Å². The smallest absolute Gasteiger partial charge is 0.291 e. The van der Waals surface area contributed by atoms with E-state index in [4.69, 9.17) is 0 Å². The van der Waals surface area contributed by atoms with Crippen molar-refractivity contribution in [1.82, 2.24) is 4.90 Å². The van der Waals surface area contributed by atoms with E-state index in [2.05, 4.69) is 5.32 Å². The van der Waals surface area contributed by atoms with Crippen LogP contribution in [0.3, 0.4) is 0 Å². The summed E-state index contributed by atoms with van der Waals surface area (Å²) in [6, 6.07) is 16.9. The van der Waals surface area contributed by atoms with Crippen molar-refractivity contribution in [2.24, 2.45) is 11.8 Å². The molecule has 3 atom stereocenters. The molecule has 6 heteroatoms. The van der Waals surface area contributed by atoms with Gasteiger partial charge in [-0.25, -0.2) is 0 Å². The van der Waals surface area contributed by atoms with Gasteiger partial charge in [-0.05, 0) is 11.6 Å². The first kappa shape index (κ1) is 15.3. The van der Waals surface area contributed by atoms with Crippen LogP contribution in [0.2, 0.25) is 0 Å². The Kier molecular flexibility index (Phi) is 3.09. The van der Waals surface area contributed by atoms with Gasteiger partial charge < -0.3 is 10.6 Å². The number of carbonyl (C=O) groups excluding carboxylic acids is 3. The molecular formula is C20H18N3O3+. The third-order valence-corrected chi connectivity index (χ3v) is 5.88. The van der Waals surface area contributed by atoms with Gasteiger partial charge in [-0.2, -0.15) is 0 Å². The molecule has 0 radical (unpaired) electrons. The highest BCUT2D eigenvalue weighted by molar-refractivity contribution is 6.13. The molecule has 3 aliphatic heterocycles. The number of amides is 3. The molecule has 6 nitrogen and oxygen atoms in total. The van der Waals surface area contributed by atoms with E-state index in [0.29, 0.717) is 6.54 Å². The number of carbonyl (C=O) groups is 3. The van der Waals surface area contributed by atoms with Crippen molar-refractivity contribution in [2.45, 2.75) is 12.1 Å². The monoisotopic (exact) mass is 348 g/mol. The van der Waals surface area contributed by atoms with Gasteiger partial charge in [-0.15, -0.1) is 0 Å². The highest BCUT2D eigenvalue weighted by Gasteiger charge is 2.71. The number of quaternary nitrogens is 1. The fraction of sp³-hybridized carbons (Fsp3) is 0.250. The molecule has 1 spiro atoms. The number of likely N-dealkylation sites (tertiary alicyclic amines) is 1. The Morgan fingerprint density at radius 3 is 2.54 bits per heavy atom. The van der Waals surface area contributed by atoms with Gasteiger partial charge in [0.05, 0.1) is 18.8 Å². The summed E-state index contributed by atoms with van der Waals surface area (Å²) in [6.45, 7) is 0.702. The number of fused-ring (bicyclic) bond motifs is 4. The molecule has 2 fully saturated rings. The third kappa shape index (κ3) is 1.82. The van der Waals surface area contributed by atoms with Crippen LogP contribution in [0.1, 0.15) is 11.1 Å². The minimum Gasteiger partial charge on any atom is -0.328 e. The SMILES string of the molecule is O=C1[C@H]2C[NH2+][C@]3(C(=O)Nc4ccccc43)[C@H]2C(=O)N1Cc1ccccc1. The van der Waals surface area contributed by atoms with Crippen LogP contribution >= 0.6 is 0 Å². The minimum absolute atomic E-state index is 0.172. The lowest BCUT2D eigenvalue weighted by Crippen LogP contribution is -2.95. The van der Waals surface area contributed by atoms with Crippen molar-refractivity contribution in [3.8, 4) is 0 Å². The number of hydrogen-bond donors (Lipinski definition) is 2. The van der Waals surface area contributed by atoms with Crippen molar-refractivity contribution in [3.05, 3.63) is 65.7 Å². The van der Waals surface area contributed by atoms with E-state index in [1.807, 2.05) is 59.9 Å². The number of rotatable bonds is 2. The molecule has 130 valence electrons. The van der Waals surface area contributed by atoms with E-state index in [-0.39, 0.29) is 24.3 Å². The lowest BCUT2D eigenvalue weighted by molar-refractivity contribution is -0.704. The number of nitrogens with zero attached hydrogens (tertiary/aromatic N) is 1. The largest absolute Gasteiger partial charge is 0.328 e. The molecule has 2 saturated heterocycles. The van der Waals surface area contributed by atoms with E-state index >= 15 is 0 Å². The first-order valence-corrected chi connectivity index (χ1v) is 8.77. The van der Waals surface area contributed by atoms with Gasteiger partial charge in [0.1, 0.15) is 11.8 Å². The molecule has 0 saturated carbocycles. The van der Waals surface area contributed by atoms with Gasteiger partial charge in [0.2, 0.25) is 17.4 Å². The maximum Gasteiger partial charge on any atom is 0.291 e. The summed E-state index contributed by atoms with van der Waals surface area (Å²) in [5.41, 5.74) is 1.42. The van der Waals surface area contributed by atoms with E-state index < -0.39 is 17.4 Å². The summed E-state index contributed by atoms with van der Waals surface area (Å²) < 4.78 is 0. The number of imide groups is 1. The first-order chi connectivity index (χ1) is 12.6. The predicted molar refractivity (Wildman–Crippen MR) is 92.5 cm³/mol. The zero-order valence-corrected chi connectivity index (χ0v) is 14.0. The van der Waals surface area contributed by atoms with E-state index in [0.717, 1.165) is 16.8 Å². The summed E-state index contributed by atoms with van der Waals surface area (Å²) in [5, 5.41) is 4.76. The zero-order chi connectivity index (χ0) is 17.9. The van der Waals surface area contributed by atoms with Gasteiger partial charge in [-0.3, -0.25) is 19.3 Å². The predicted octanol–water partition coefficient (Wildman–Crippen LogP) is 0.212. The van der Waals surface area contributed by atoms with Crippen LogP contribution in [0.5, 0.6) is 0 Å². The van der Waals surface area contributed by atoms with Crippen LogP contribution in [-0.4, -0.2) is 29.2 Å². The van der Waals surface area contributed by atoms with Gasteiger partial charge >= 0.3 is 0 Å². The van der Waals surface area contributed by atoms with Crippen molar-refractivity contribution in [1.29, 1.82) is 0 Å². The zero-order valence-electron chi connectivity index (χ0n) is 14.0. The van der Waals surface area contributed by atoms with Crippen LogP contribution in [0.25, 0.3) is 0 Å². The van der Waals surface area contributed by atoms with Gasteiger partial charge in [0, 0.05) is 5.56 Å². The number of nitrogens with one attached hydrogen (secondary N) is 1. The number of anilines is 1. The maximum absolute atomic E-state index is 13.2. The third-order valence-electron chi connectivity index (χ3n) is 5.88. The molecule has 0 bridgehead atoms. The van der Waals surface area contributed by atoms with Crippen molar-refractivity contribution in [2.75, 3.05) is 11.9 Å². The Morgan fingerprint density at radius 1 is 1.00 bits per heavy atom. The number of benzene rings is 2. The summed E-state index contributed by atoms with van der Waals surface area (Å²) in [4.78, 5) is 40.4. The molecule has 3 heterocycles. The lowest BCUT2D eigenvalue weighted by atomic mass is 9.77. The number of nitrogens with two attached hydrogens (primary N) is 1. The van der Waals surface area contributed by atoms with Crippen LogP contribution in [-0.2, 0) is 26.5 Å². The Balaban J connectivity index is 1.55. The fourth-order valence-corrected chi connectivity index (χ4v) is 4.71. The molecule has 26 heavy (non-hydrogen) atoms. The molecule has 2 aromatic carbocycles. The molecule has 3 aliphatic rings. The van der Waals surface area contributed by atoms with E-state index in [1.54, 1.807) is 0 Å². The van der Waals surface area contributed by atoms with Gasteiger partial charge in [-0.1, -0.05) is 48.5 Å². The van der Waals surface area contributed by atoms with Crippen LogP contribution in [0.4, 0.5) is 5.69 Å². The topological polar surface area (TPSA) is 83.1 Å². The normalized spacial score (nSPS) is 29.2. The van der Waals surface area contributed by atoms with Crippen LogP contribution in [0.15, 0.2) is 54.6 Å². The highest BCUT2D eigenvalue weighted by Crippen LogP contribution is 2.47. The molecule has 0 aliphatic carbocycles. The second kappa shape index (κ2) is 5.25. The fourth-order valence-electron chi connectivity index (χ4n) is 4.71. The Bertz CT molecular complexity index is 942. The quantitative estimate of drug-likeness (QED) is 0.761. The van der Waals surface area contributed by atoms with Crippen molar-refractivity contribution >= 4 is 23.4 Å².